The van der Waals surface area contributed by atoms with Crippen LogP contribution in [0.3, 0.4) is 0 Å². The van der Waals surface area contributed by atoms with Crippen LogP contribution in [0.2, 0.25) is 0 Å². The van der Waals surface area contributed by atoms with Crippen molar-refractivity contribution in [3.63, 3.8) is 0 Å². The van der Waals surface area contributed by atoms with Crippen LogP contribution >= 0.6 is 0 Å². The molecule has 1 N–H and O–H groups in total. The number of esters is 2. The fourth-order valence-electron chi connectivity index (χ4n) is 3.25. The van der Waals surface area contributed by atoms with E-state index < -0.39 is 34.0 Å². The minimum atomic E-state index is -3.59. The first-order valence-electron chi connectivity index (χ1n) is 9.50. The van der Waals surface area contributed by atoms with Gasteiger partial charge in [0, 0.05) is 18.7 Å². The Morgan fingerprint density at radius 2 is 1.62 bits per heavy atom. The fraction of sp³-hybridized carbons (Fsp3) is 0.286. The van der Waals surface area contributed by atoms with Crippen LogP contribution in [0.4, 0.5) is 11.4 Å². The standard InChI is InChI=1S/C21H22N2O8S/c1-29-20(25)13-10-14(21(26)30-2)12-15(11-13)22-19(24)18-8-9-23(32(3,27)28)16-6-4-5-7-17(16)31-18/h4-7,10-12,18H,8-9H2,1-3H3,(H,22,24). The van der Waals surface area contributed by atoms with E-state index >= 15 is 0 Å². The average Bonchev–Trinajstić information content (AvgIpc) is 2.97. The highest BCUT2D eigenvalue weighted by Crippen LogP contribution is 2.34. The number of hydrogen-bond donors (Lipinski definition) is 1. The molecule has 0 saturated heterocycles. The van der Waals surface area contributed by atoms with Gasteiger partial charge >= 0.3 is 11.9 Å². The molecule has 3 rings (SSSR count). The summed E-state index contributed by atoms with van der Waals surface area (Å²) in [4.78, 5) is 36.9. The van der Waals surface area contributed by atoms with Crippen LogP contribution in [0.15, 0.2) is 42.5 Å². The van der Waals surface area contributed by atoms with Crippen molar-refractivity contribution in [3.8, 4) is 5.75 Å². The van der Waals surface area contributed by atoms with Crippen molar-refractivity contribution in [3.05, 3.63) is 53.6 Å². The molecule has 1 aliphatic rings. The topological polar surface area (TPSA) is 128 Å². The highest BCUT2D eigenvalue weighted by atomic mass is 32.2. The third-order valence-corrected chi connectivity index (χ3v) is 5.91. The third kappa shape index (κ3) is 4.99. The molecule has 2 aromatic rings. The Hall–Kier alpha value is -3.60. The van der Waals surface area contributed by atoms with Crippen molar-refractivity contribution in [1.29, 1.82) is 0 Å². The van der Waals surface area contributed by atoms with E-state index in [4.69, 9.17) is 4.74 Å². The normalized spacial score (nSPS) is 15.6. The Labute approximate surface area is 185 Å². The number of fused-ring (bicyclic) bond motifs is 1. The van der Waals surface area contributed by atoms with Gasteiger partial charge in [0.25, 0.3) is 5.91 Å². The van der Waals surface area contributed by atoms with Crippen molar-refractivity contribution < 1.29 is 37.0 Å². The molecule has 1 amide bonds. The third-order valence-electron chi connectivity index (χ3n) is 4.73. The summed E-state index contributed by atoms with van der Waals surface area (Å²) in [6.45, 7) is 0.0313. The SMILES string of the molecule is COC(=O)c1cc(NC(=O)C2CCN(S(C)(=O)=O)c3ccccc3O2)cc(C(=O)OC)c1. The molecule has 0 radical (unpaired) electrons. The van der Waals surface area contributed by atoms with Crippen LogP contribution < -0.4 is 14.4 Å². The van der Waals surface area contributed by atoms with Crippen molar-refractivity contribution in [2.75, 3.05) is 36.6 Å². The molecule has 0 spiro atoms. The van der Waals surface area contributed by atoms with Crippen LogP contribution in [0.1, 0.15) is 27.1 Å². The minimum absolute atomic E-state index is 0.0313. The highest BCUT2D eigenvalue weighted by molar-refractivity contribution is 7.92. The molecule has 0 saturated carbocycles. The molecule has 1 heterocycles. The minimum Gasteiger partial charge on any atom is -0.478 e. The molecule has 1 aliphatic heterocycles. The Morgan fingerprint density at radius 3 is 2.19 bits per heavy atom. The highest BCUT2D eigenvalue weighted by Gasteiger charge is 2.31. The van der Waals surface area contributed by atoms with E-state index in [9.17, 15) is 22.8 Å². The van der Waals surface area contributed by atoms with Crippen LogP contribution in [0.25, 0.3) is 0 Å². The molecule has 1 unspecified atom stereocenters. The first-order chi connectivity index (χ1) is 15.1. The van der Waals surface area contributed by atoms with Gasteiger partial charge in [-0.15, -0.1) is 0 Å². The Bertz CT molecular complexity index is 1130. The number of ether oxygens (including phenoxy) is 3. The molecular formula is C21H22N2O8S. The predicted molar refractivity (Wildman–Crippen MR) is 115 cm³/mol. The van der Waals surface area contributed by atoms with Crippen molar-refractivity contribution in [1.82, 2.24) is 0 Å². The maximum absolute atomic E-state index is 13.0. The summed E-state index contributed by atoms with van der Waals surface area (Å²) in [5.74, 6) is -1.73. The van der Waals surface area contributed by atoms with E-state index in [1.165, 1.54) is 36.7 Å². The largest absolute Gasteiger partial charge is 0.478 e. The van der Waals surface area contributed by atoms with Gasteiger partial charge in [0.05, 0.1) is 37.3 Å². The van der Waals surface area contributed by atoms with Crippen molar-refractivity contribution in [2.24, 2.45) is 0 Å². The van der Waals surface area contributed by atoms with Gasteiger partial charge in [-0.3, -0.25) is 9.10 Å². The first kappa shape index (κ1) is 23.1. The monoisotopic (exact) mass is 462 g/mol. The number of carbonyl (C=O) groups excluding carboxylic acids is 3. The lowest BCUT2D eigenvalue weighted by molar-refractivity contribution is -0.122. The molecule has 0 bridgehead atoms. The lowest BCUT2D eigenvalue weighted by Gasteiger charge is -2.20. The second-order valence-electron chi connectivity index (χ2n) is 6.97. The van der Waals surface area contributed by atoms with Gasteiger partial charge in [-0.25, -0.2) is 18.0 Å². The van der Waals surface area contributed by atoms with E-state index in [0.717, 1.165) is 6.26 Å². The number of anilines is 2. The molecular weight excluding hydrogens is 440 g/mol. The Morgan fingerprint density at radius 1 is 1.03 bits per heavy atom. The second-order valence-corrected chi connectivity index (χ2v) is 8.88. The first-order valence-corrected chi connectivity index (χ1v) is 11.3. The number of sulfonamides is 1. The number of para-hydroxylation sites is 2. The van der Waals surface area contributed by atoms with Gasteiger partial charge in [0.1, 0.15) is 5.75 Å². The summed E-state index contributed by atoms with van der Waals surface area (Å²) in [6.07, 6.45) is 0.136. The summed E-state index contributed by atoms with van der Waals surface area (Å²) in [6, 6.07) is 10.5. The van der Waals surface area contributed by atoms with E-state index in [0.29, 0.717) is 5.69 Å². The Kier molecular flexibility index (Phi) is 6.68. The van der Waals surface area contributed by atoms with E-state index in [2.05, 4.69) is 14.8 Å². The predicted octanol–water partition coefficient (Wildman–Crippen LogP) is 1.82. The molecule has 10 nitrogen and oxygen atoms in total. The van der Waals surface area contributed by atoms with Crippen LogP contribution in [0.5, 0.6) is 5.75 Å². The molecule has 32 heavy (non-hydrogen) atoms. The van der Waals surface area contributed by atoms with Gasteiger partial charge in [-0.2, -0.15) is 0 Å². The zero-order valence-corrected chi connectivity index (χ0v) is 18.5. The van der Waals surface area contributed by atoms with Crippen LogP contribution in [0, 0.1) is 0 Å². The molecule has 2 aromatic carbocycles. The summed E-state index contributed by atoms with van der Waals surface area (Å²) in [7, 11) is -1.21. The summed E-state index contributed by atoms with van der Waals surface area (Å²) >= 11 is 0. The number of methoxy groups -OCH3 is 2. The van der Waals surface area contributed by atoms with E-state index in [1.807, 2.05) is 0 Å². The van der Waals surface area contributed by atoms with Crippen LogP contribution in [-0.2, 0) is 24.3 Å². The van der Waals surface area contributed by atoms with Crippen molar-refractivity contribution in [2.45, 2.75) is 12.5 Å². The second kappa shape index (κ2) is 9.27. The quantitative estimate of drug-likeness (QED) is 0.667. The van der Waals surface area contributed by atoms with Gasteiger partial charge in [-0.1, -0.05) is 12.1 Å². The zero-order chi connectivity index (χ0) is 23.5. The lowest BCUT2D eigenvalue weighted by Crippen LogP contribution is -2.36. The summed E-state index contributed by atoms with van der Waals surface area (Å²) < 4.78 is 40.8. The molecule has 0 aliphatic carbocycles. The molecule has 0 fully saturated rings. The number of benzene rings is 2. The molecule has 1 atom stereocenters. The maximum atomic E-state index is 13.0. The number of carbonyl (C=O) groups is 3. The molecule has 170 valence electrons. The maximum Gasteiger partial charge on any atom is 0.337 e. The fourth-order valence-corrected chi connectivity index (χ4v) is 4.20. The zero-order valence-electron chi connectivity index (χ0n) is 17.7. The van der Waals surface area contributed by atoms with Gasteiger partial charge in [0.15, 0.2) is 6.10 Å². The number of rotatable bonds is 5. The van der Waals surface area contributed by atoms with Gasteiger partial charge in [-0.05, 0) is 30.3 Å². The van der Waals surface area contributed by atoms with Crippen LogP contribution in [-0.4, -0.2) is 59.4 Å². The average molecular weight is 462 g/mol. The number of amides is 1. The van der Waals surface area contributed by atoms with Crippen molar-refractivity contribution >= 4 is 39.2 Å². The van der Waals surface area contributed by atoms with Gasteiger partial charge < -0.3 is 19.5 Å². The molecule has 11 heteroatoms. The summed E-state index contributed by atoms with van der Waals surface area (Å²) in [5.41, 5.74) is 0.576. The smallest absolute Gasteiger partial charge is 0.337 e. The molecule has 0 aromatic heterocycles. The van der Waals surface area contributed by atoms with Gasteiger partial charge in [0.2, 0.25) is 10.0 Å². The number of nitrogens with zero attached hydrogens (tertiary/aromatic N) is 1. The number of hydrogen-bond acceptors (Lipinski definition) is 8. The lowest BCUT2D eigenvalue weighted by atomic mass is 10.1. The summed E-state index contributed by atoms with van der Waals surface area (Å²) in [5, 5.41) is 2.62. The number of nitrogens with one attached hydrogen (secondary N) is 1. The van der Waals surface area contributed by atoms with E-state index in [1.54, 1.807) is 24.3 Å². The van der Waals surface area contributed by atoms with E-state index in [-0.39, 0.29) is 35.5 Å². The Balaban J connectivity index is 1.89.